The minimum Gasteiger partial charge on any atom is -0.459 e. The second-order valence-corrected chi connectivity index (χ2v) is 7.48. The molecule has 24 heavy (non-hydrogen) atoms. The van der Waals surface area contributed by atoms with E-state index in [-0.39, 0.29) is 12.0 Å². The first-order chi connectivity index (χ1) is 11.7. The Morgan fingerprint density at radius 3 is 3.17 bits per heavy atom. The lowest BCUT2D eigenvalue weighted by Crippen LogP contribution is -2.34. The Labute approximate surface area is 144 Å². The first-order valence-electron chi connectivity index (χ1n) is 8.25. The molecule has 128 valence electrons. The number of amides is 1. The summed E-state index contributed by atoms with van der Waals surface area (Å²) in [6.07, 6.45) is 1.80. The SMILES string of the molecule is Cc1ncsc1CN1C[C@H]2[C@H](CNC(=O)c3ccco3)CO[C@H]2C1. The van der Waals surface area contributed by atoms with Crippen LogP contribution in [-0.2, 0) is 11.3 Å². The molecular weight excluding hydrogens is 326 g/mol. The zero-order chi connectivity index (χ0) is 16.5. The van der Waals surface area contributed by atoms with Gasteiger partial charge in [0.25, 0.3) is 5.91 Å². The fourth-order valence-corrected chi connectivity index (χ4v) is 4.44. The molecule has 0 saturated carbocycles. The highest BCUT2D eigenvalue weighted by molar-refractivity contribution is 7.09. The molecule has 1 N–H and O–H groups in total. The van der Waals surface area contributed by atoms with Gasteiger partial charge in [-0.1, -0.05) is 0 Å². The van der Waals surface area contributed by atoms with Crippen LogP contribution in [0.1, 0.15) is 21.1 Å². The van der Waals surface area contributed by atoms with Crippen LogP contribution in [0.4, 0.5) is 0 Å². The van der Waals surface area contributed by atoms with Gasteiger partial charge in [-0.3, -0.25) is 9.69 Å². The van der Waals surface area contributed by atoms with E-state index < -0.39 is 0 Å². The summed E-state index contributed by atoms with van der Waals surface area (Å²) in [5, 5.41) is 2.97. The van der Waals surface area contributed by atoms with Gasteiger partial charge in [0, 0.05) is 42.9 Å². The van der Waals surface area contributed by atoms with Gasteiger partial charge in [0.1, 0.15) is 0 Å². The maximum absolute atomic E-state index is 12.0. The van der Waals surface area contributed by atoms with Crippen molar-refractivity contribution in [1.82, 2.24) is 15.2 Å². The van der Waals surface area contributed by atoms with Crippen LogP contribution < -0.4 is 5.32 Å². The van der Waals surface area contributed by atoms with E-state index in [4.69, 9.17) is 9.15 Å². The fraction of sp³-hybridized carbons (Fsp3) is 0.529. The molecule has 0 aliphatic carbocycles. The van der Waals surface area contributed by atoms with E-state index in [0.29, 0.717) is 24.1 Å². The van der Waals surface area contributed by atoms with Gasteiger partial charge in [-0.05, 0) is 19.1 Å². The molecule has 0 bridgehead atoms. The van der Waals surface area contributed by atoms with Gasteiger partial charge in [-0.15, -0.1) is 11.3 Å². The number of thiazole rings is 1. The zero-order valence-corrected chi connectivity index (χ0v) is 14.4. The first kappa shape index (κ1) is 15.8. The summed E-state index contributed by atoms with van der Waals surface area (Å²) in [5.41, 5.74) is 3.03. The first-order valence-corrected chi connectivity index (χ1v) is 9.13. The van der Waals surface area contributed by atoms with Gasteiger partial charge in [-0.2, -0.15) is 0 Å². The van der Waals surface area contributed by atoms with Gasteiger partial charge >= 0.3 is 0 Å². The molecule has 2 saturated heterocycles. The van der Waals surface area contributed by atoms with E-state index in [2.05, 4.69) is 22.1 Å². The largest absolute Gasteiger partial charge is 0.459 e. The summed E-state index contributed by atoms with van der Waals surface area (Å²) < 4.78 is 11.1. The number of nitrogens with zero attached hydrogens (tertiary/aromatic N) is 2. The summed E-state index contributed by atoms with van der Waals surface area (Å²) in [5.74, 6) is 1.05. The second kappa shape index (κ2) is 6.66. The highest BCUT2D eigenvalue weighted by Gasteiger charge is 2.43. The molecule has 7 heteroatoms. The number of rotatable bonds is 5. The Morgan fingerprint density at radius 2 is 2.42 bits per heavy atom. The van der Waals surface area contributed by atoms with Crippen molar-refractivity contribution in [3.63, 3.8) is 0 Å². The van der Waals surface area contributed by atoms with Gasteiger partial charge in [0.2, 0.25) is 0 Å². The quantitative estimate of drug-likeness (QED) is 0.895. The predicted octanol–water partition coefficient (Wildman–Crippen LogP) is 1.92. The van der Waals surface area contributed by atoms with Crippen LogP contribution in [0.5, 0.6) is 0 Å². The van der Waals surface area contributed by atoms with Crippen LogP contribution in [0.15, 0.2) is 28.3 Å². The Morgan fingerprint density at radius 1 is 1.50 bits per heavy atom. The third kappa shape index (κ3) is 3.11. The number of hydrogen-bond donors (Lipinski definition) is 1. The standard InChI is InChI=1S/C17H21N3O3S/c1-11-16(24-10-19-11)8-20-6-13-12(9-23-15(13)7-20)5-18-17(21)14-3-2-4-22-14/h2-4,10,12-13,15H,5-9H2,1H3,(H,18,21)/t12-,13+,15+/m1/s1. The van der Waals surface area contributed by atoms with Crippen molar-refractivity contribution in [2.24, 2.45) is 11.8 Å². The van der Waals surface area contributed by atoms with Crippen molar-refractivity contribution in [1.29, 1.82) is 0 Å². The summed E-state index contributed by atoms with van der Waals surface area (Å²) in [6.45, 7) is 6.34. The minimum atomic E-state index is -0.154. The average Bonchev–Trinajstić information content (AvgIpc) is 3.32. The number of hydrogen-bond acceptors (Lipinski definition) is 6. The molecule has 3 atom stereocenters. The van der Waals surface area contributed by atoms with E-state index >= 15 is 0 Å². The second-order valence-electron chi connectivity index (χ2n) is 6.54. The van der Waals surface area contributed by atoms with Crippen LogP contribution >= 0.6 is 11.3 Å². The Bertz CT molecular complexity index is 700. The molecule has 0 radical (unpaired) electrons. The molecule has 2 aliphatic heterocycles. The number of aryl methyl sites for hydroxylation is 1. The van der Waals surface area contributed by atoms with Gasteiger partial charge in [-0.25, -0.2) is 4.98 Å². The molecule has 0 spiro atoms. The molecular formula is C17H21N3O3S. The van der Waals surface area contributed by atoms with Crippen LogP contribution in [0.3, 0.4) is 0 Å². The van der Waals surface area contributed by atoms with Crippen LogP contribution in [-0.4, -0.2) is 48.1 Å². The molecule has 2 aliphatic rings. The molecule has 0 unspecified atom stereocenters. The van der Waals surface area contributed by atoms with Gasteiger partial charge in [0.15, 0.2) is 5.76 Å². The molecule has 1 amide bonds. The third-order valence-corrected chi connectivity index (χ3v) is 5.92. The highest BCUT2D eigenvalue weighted by Crippen LogP contribution is 2.34. The van der Waals surface area contributed by atoms with E-state index in [9.17, 15) is 4.79 Å². The molecule has 2 fully saturated rings. The lowest BCUT2D eigenvalue weighted by atomic mass is 9.93. The van der Waals surface area contributed by atoms with E-state index in [1.54, 1.807) is 23.5 Å². The van der Waals surface area contributed by atoms with E-state index in [1.807, 2.05) is 5.51 Å². The van der Waals surface area contributed by atoms with Crippen molar-refractivity contribution in [3.8, 4) is 0 Å². The van der Waals surface area contributed by atoms with Crippen molar-refractivity contribution in [2.75, 3.05) is 26.2 Å². The smallest absolute Gasteiger partial charge is 0.286 e. The maximum atomic E-state index is 12.0. The van der Waals surface area contributed by atoms with Crippen LogP contribution in [0.25, 0.3) is 0 Å². The molecule has 4 heterocycles. The number of carbonyl (C=O) groups excluding carboxylic acids is 1. The van der Waals surface area contributed by atoms with Crippen molar-refractivity contribution in [2.45, 2.75) is 19.6 Å². The number of nitrogens with one attached hydrogen (secondary N) is 1. The average molecular weight is 347 g/mol. The molecule has 4 rings (SSSR count). The number of likely N-dealkylation sites (tertiary alicyclic amines) is 1. The lowest BCUT2D eigenvalue weighted by molar-refractivity contribution is 0.0887. The number of furan rings is 1. The number of ether oxygens (including phenoxy) is 1. The Balaban J connectivity index is 1.31. The van der Waals surface area contributed by atoms with Crippen molar-refractivity contribution >= 4 is 17.2 Å². The highest BCUT2D eigenvalue weighted by atomic mass is 32.1. The Kier molecular flexibility index (Phi) is 4.39. The van der Waals surface area contributed by atoms with Gasteiger partial charge < -0.3 is 14.5 Å². The molecule has 0 aromatic carbocycles. The predicted molar refractivity (Wildman–Crippen MR) is 89.9 cm³/mol. The zero-order valence-electron chi connectivity index (χ0n) is 13.6. The summed E-state index contributed by atoms with van der Waals surface area (Å²) in [4.78, 5) is 20.1. The molecule has 2 aromatic heterocycles. The fourth-order valence-electron chi connectivity index (χ4n) is 3.62. The maximum Gasteiger partial charge on any atom is 0.286 e. The number of aromatic nitrogens is 1. The Hall–Kier alpha value is -1.70. The topological polar surface area (TPSA) is 67.6 Å². The van der Waals surface area contributed by atoms with Crippen LogP contribution in [0.2, 0.25) is 0 Å². The monoisotopic (exact) mass is 347 g/mol. The third-order valence-electron chi connectivity index (χ3n) is 5.00. The number of carbonyl (C=O) groups is 1. The summed E-state index contributed by atoms with van der Waals surface area (Å²) in [7, 11) is 0. The normalized spacial score (nSPS) is 26.6. The minimum absolute atomic E-state index is 0.154. The van der Waals surface area contributed by atoms with E-state index in [0.717, 1.165) is 31.9 Å². The lowest BCUT2D eigenvalue weighted by Gasteiger charge is -2.19. The van der Waals surface area contributed by atoms with E-state index in [1.165, 1.54) is 11.1 Å². The summed E-state index contributed by atoms with van der Waals surface area (Å²) >= 11 is 1.72. The molecule has 6 nitrogen and oxygen atoms in total. The number of fused-ring (bicyclic) bond motifs is 1. The van der Waals surface area contributed by atoms with Gasteiger partial charge in [0.05, 0.1) is 30.2 Å². The molecule has 2 aromatic rings. The van der Waals surface area contributed by atoms with Crippen molar-refractivity contribution in [3.05, 3.63) is 40.2 Å². The van der Waals surface area contributed by atoms with Crippen LogP contribution in [0, 0.1) is 18.8 Å². The summed E-state index contributed by atoms with van der Waals surface area (Å²) in [6, 6.07) is 3.40. The van der Waals surface area contributed by atoms with Crippen molar-refractivity contribution < 1.29 is 13.9 Å².